The van der Waals surface area contributed by atoms with Gasteiger partial charge in [-0.05, 0) is 49.4 Å². The topological polar surface area (TPSA) is 43.4 Å². The zero-order chi connectivity index (χ0) is 12.2. The minimum Gasteiger partial charge on any atom is -0.393 e. The van der Waals surface area contributed by atoms with E-state index >= 15 is 0 Å². The molecule has 6 unspecified atom stereocenters. The fourth-order valence-electron chi connectivity index (χ4n) is 4.64. The quantitative estimate of drug-likeness (QED) is 0.546. The first-order chi connectivity index (χ1) is 8.13. The summed E-state index contributed by atoms with van der Waals surface area (Å²) < 4.78 is 4.87. The van der Waals surface area contributed by atoms with Gasteiger partial charge in [0.1, 0.15) is 0 Å². The zero-order valence-corrected chi connectivity index (χ0v) is 10.5. The first kappa shape index (κ1) is 11.2. The molecule has 1 aliphatic heterocycles. The Morgan fingerprint density at radius 2 is 1.88 bits per heavy atom. The van der Waals surface area contributed by atoms with E-state index < -0.39 is 0 Å². The van der Waals surface area contributed by atoms with Gasteiger partial charge in [0.25, 0.3) is 0 Å². The normalized spacial score (nSPS) is 48.8. The fraction of sp³-hybridized carbons (Fsp3) is 0.857. The van der Waals surface area contributed by atoms with Gasteiger partial charge >= 0.3 is 11.9 Å². The summed E-state index contributed by atoms with van der Waals surface area (Å²) in [7, 11) is 0. The monoisotopic (exact) mass is 236 g/mol. The van der Waals surface area contributed by atoms with Crippen LogP contribution in [0.25, 0.3) is 0 Å². The molecule has 0 amide bonds. The van der Waals surface area contributed by atoms with Gasteiger partial charge in [-0.15, -0.1) is 0 Å². The lowest BCUT2D eigenvalue weighted by molar-refractivity contribution is -0.154. The molecule has 1 heterocycles. The van der Waals surface area contributed by atoms with Gasteiger partial charge in [-0.1, -0.05) is 13.8 Å². The highest BCUT2D eigenvalue weighted by molar-refractivity contribution is 5.96. The second-order valence-corrected chi connectivity index (χ2v) is 6.05. The van der Waals surface area contributed by atoms with Crippen molar-refractivity contribution in [2.45, 2.75) is 39.5 Å². The van der Waals surface area contributed by atoms with Crippen molar-refractivity contribution in [3.63, 3.8) is 0 Å². The second kappa shape index (κ2) is 3.82. The minimum atomic E-state index is -0.280. The van der Waals surface area contributed by atoms with Gasteiger partial charge in [-0.3, -0.25) is 9.59 Å². The van der Waals surface area contributed by atoms with E-state index in [0.717, 1.165) is 12.3 Å². The average Bonchev–Trinajstić information content (AvgIpc) is 2.92. The zero-order valence-electron chi connectivity index (χ0n) is 10.5. The Hall–Kier alpha value is -0.860. The summed E-state index contributed by atoms with van der Waals surface area (Å²) in [6.45, 7) is 4.24. The third-order valence-electron chi connectivity index (χ3n) is 5.47. The lowest BCUT2D eigenvalue weighted by Gasteiger charge is -2.32. The number of rotatable bonds is 2. The van der Waals surface area contributed by atoms with Gasteiger partial charge in [-0.25, -0.2) is 0 Å². The molecule has 0 N–H and O–H groups in total. The van der Waals surface area contributed by atoms with Crippen molar-refractivity contribution in [3.8, 4) is 0 Å². The molecule has 0 aromatic rings. The Morgan fingerprint density at radius 3 is 2.47 bits per heavy atom. The molecule has 3 fully saturated rings. The van der Waals surface area contributed by atoms with Crippen LogP contribution < -0.4 is 0 Å². The summed E-state index contributed by atoms with van der Waals surface area (Å²) in [6.07, 6.45) is 4.55. The van der Waals surface area contributed by atoms with Crippen molar-refractivity contribution in [2.75, 3.05) is 0 Å². The van der Waals surface area contributed by atoms with Crippen molar-refractivity contribution < 1.29 is 14.3 Å². The fourth-order valence-corrected chi connectivity index (χ4v) is 4.64. The lowest BCUT2D eigenvalue weighted by Crippen LogP contribution is -2.34. The molecule has 1 saturated heterocycles. The van der Waals surface area contributed by atoms with E-state index in [-0.39, 0.29) is 23.8 Å². The number of carbonyl (C=O) groups excluding carboxylic acids is 2. The Labute approximate surface area is 102 Å². The largest absolute Gasteiger partial charge is 0.393 e. The van der Waals surface area contributed by atoms with Gasteiger partial charge in [0.05, 0.1) is 11.8 Å². The number of hydrogen-bond acceptors (Lipinski definition) is 3. The molecule has 3 nitrogen and oxygen atoms in total. The standard InChI is InChI=1S/C14H20O3/c1-3-10-12(14(16)17-13(10)15)11-7(2)8-4-5-9(11)6-8/h7-12H,3-6H2,1-2H3. The summed E-state index contributed by atoms with van der Waals surface area (Å²) in [5, 5.41) is 0. The van der Waals surface area contributed by atoms with Crippen molar-refractivity contribution in [1.82, 2.24) is 0 Å². The molecule has 17 heavy (non-hydrogen) atoms. The van der Waals surface area contributed by atoms with E-state index in [0.29, 0.717) is 17.8 Å². The van der Waals surface area contributed by atoms with Gasteiger partial charge in [0, 0.05) is 0 Å². The maximum Gasteiger partial charge on any atom is 0.317 e. The first-order valence-corrected chi connectivity index (χ1v) is 6.89. The number of carbonyl (C=O) groups is 2. The molecule has 0 aromatic heterocycles. The van der Waals surface area contributed by atoms with Crippen molar-refractivity contribution in [3.05, 3.63) is 0 Å². The maximum atomic E-state index is 11.9. The molecule has 3 rings (SSSR count). The number of fused-ring (bicyclic) bond motifs is 2. The van der Waals surface area contributed by atoms with E-state index in [9.17, 15) is 9.59 Å². The molecular weight excluding hydrogens is 216 g/mol. The summed E-state index contributed by atoms with van der Waals surface area (Å²) in [4.78, 5) is 23.6. The minimum absolute atomic E-state index is 0.141. The molecule has 94 valence electrons. The smallest absolute Gasteiger partial charge is 0.317 e. The highest BCUT2D eigenvalue weighted by atomic mass is 16.6. The van der Waals surface area contributed by atoms with Gasteiger partial charge in [-0.2, -0.15) is 0 Å². The Kier molecular flexibility index (Phi) is 2.53. The van der Waals surface area contributed by atoms with Crippen LogP contribution in [0.5, 0.6) is 0 Å². The van der Waals surface area contributed by atoms with Crippen LogP contribution in [0.1, 0.15) is 39.5 Å². The van der Waals surface area contributed by atoms with Crippen molar-refractivity contribution in [2.24, 2.45) is 35.5 Å². The molecule has 0 radical (unpaired) electrons. The Bertz CT molecular complexity index is 360. The number of hydrogen-bond donors (Lipinski definition) is 0. The molecule has 2 bridgehead atoms. The summed E-state index contributed by atoms with van der Waals surface area (Å²) in [5.74, 6) is 1.60. The van der Waals surface area contributed by atoms with Crippen LogP contribution in [0, 0.1) is 35.5 Å². The first-order valence-electron chi connectivity index (χ1n) is 6.89. The van der Waals surface area contributed by atoms with E-state index in [4.69, 9.17) is 4.74 Å². The molecule has 0 aromatic carbocycles. The third kappa shape index (κ3) is 1.47. The number of cyclic esters (lactones) is 2. The Balaban J connectivity index is 1.88. The number of ether oxygens (including phenoxy) is 1. The van der Waals surface area contributed by atoms with Crippen LogP contribution in [-0.4, -0.2) is 11.9 Å². The van der Waals surface area contributed by atoms with Gasteiger partial charge in [0.15, 0.2) is 0 Å². The van der Waals surface area contributed by atoms with Crippen molar-refractivity contribution in [1.29, 1.82) is 0 Å². The SMILES string of the molecule is CCC1C(=O)OC(=O)C1C1C2CCC(C2)C1C. The Morgan fingerprint density at radius 1 is 1.18 bits per heavy atom. The third-order valence-corrected chi connectivity index (χ3v) is 5.47. The van der Waals surface area contributed by atoms with E-state index in [1.165, 1.54) is 19.3 Å². The number of esters is 2. The van der Waals surface area contributed by atoms with Crippen LogP contribution in [-0.2, 0) is 14.3 Å². The predicted molar refractivity (Wildman–Crippen MR) is 61.9 cm³/mol. The van der Waals surface area contributed by atoms with E-state index in [1.807, 2.05) is 6.92 Å². The molecule has 2 aliphatic carbocycles. The molecule has 2 saturated carbocycles. The molecule has 0 spiro atoms. The molecule has 6 atom stereocenters. The lowest BCUT2D eigenvalue weighted by atomic mass is 9.69. The summed E-state index contributed by atoms with van der Waals surface area (Å²) >= 11 is 0. The maximum absolute atomic E-state index is 11.9. The highest BCUT2D eigenvalue weighted by Gasteiger charge is 2.56. The molecule has 3 heteroatoms. The van der Waals surface area contributed by atoms with E-state index in [2.05, 4.69) is 6.92 Å². The summed E-state index contributed by atoms with van der Waals surface area (Å²) in [5.41, 5.74) is 0. The second-order valence-electron chi connectivity index (χ2n) is 6.05. The van der Waals surface area contributed by atoms with Crippen LogP contribution >= 0.6 is 0 Å². The average molecular weight is 236 g/mol. The van der Waals surface area contributed by atoms with Gasteiger partial charge < -0.3 is 4.74 Å². The van der Waals surface area contributed by atoms with Gasteiger partial charge in [0.2, 0.25) is 0 Å². The van der Waals surface area contributed by atoms with Crippen LogP contribution in [0.2, 0.25) is 0 Å². The van der Waals surface area contributed by atoms with Crippen LogP contribution in [0.3, 0.4) is 0 Å². The summed E-state index contributed by atoms with van der Waals surface area (Å²) in [6, 6.07) is 0. The predicted octanol–water partition coefficient (Wildman–Crippen LogP) is 2.39. The van der Waals surface area contributed by atoms with E-state index in [1.54, 1.807) is 0 Å². The van der Waals surface area contributed by atoms with Crippen molar-refractivity contribution >= 4 is 11.9 Å². The molecular formula is C14H20O3. The molecule has 3 aliphatic rings. The highest BCUT2D eigenvalue weighted by Crippen LogP contribution is 2.57. The van der Waals surface area contributed by atoms with Crippen LogP contribution in [0.4, 0.5) is 0 Å². The van der Waals surface area contributed by atoms with Crippen LogP contribution in [0.15, 0.2) is 0 Å².